The fourth-order valence-corrected chi connectivity index (χ4v) is 3.40. The van der Waals surface area contributed by atoms with Crippen LogP contribution in [0.3, 0.4) is 0 Å². The van der Waals surface area contributed by atoms with Crippen LogP contribution in [0.2, 0.25) is 0 Å². The smallest absolute Gasteiger partial charge is 0.243 e. The van der Waals surface area contributed by atoms with Crippen molar-refractivity contribution in [2.75, 3.05) is 19.6 Å². The number of nitrogens with one attached hydrogen (secondary N) is 1. The third-order valence-corrected chi connectivity index (χ3v) is 4.83. The van der Waals surface area contributed by atoms with Crippen molar-refractivity contribution >= 4 is 10.0 Å². The lowest BCUT2D eigenvalue weighted by Gasteiger charge is -2.20. The Bertz CT molecular complexity index is 509. The van der Waals surface area contributed by atoms with Crippen LogP contribution in [-0.2, 0) is 16.6 Å². The maximum absolute atomic E-state index is 12.5. The minimum absolute atomic E-state index is 0.341. The van der Waals surface area contributed by atoms with Gasteiger partial charge in [0.25, 0.3) is 0 Å². The van der Waals surface area contributed by atoms with Gasteiger partial charge in [0.1, 0.15) is 0 Å². The Morgan fingerprint density at radius 1 is 1.25 bits per heavy atom. The van der Waals surface area contributed by atoms with Gasteiger partial charge in [-0.15, -0.1) is 6.58 Å². The Morgan fingerprint density at radius 3 is 2.40 bits per heavy atom. The molecule has 0 aliphatic rings. The molecule has 112 valence electrons. The first-order valence-corrected chi connectivity index (χ1v) is 8.41. The molecule has 4 nitrogen and oxygen atoms in total. The van der Waals surface area contributed by atoms with Crippen molar-refractivity contribution in [3.05, 3.63) is 42.5 Å². The summed E-state index contributed by atoms with van der Waals surface area (Å²) in [5.74, 6) is 0. The highest BCUT2D eigenvalue weighted by Gasteiger charge is 2.22. The van der Waals surface area contributed by atoms with Crippen LogP contribution in [0, 0.1) is 0 Å². The van der Waals surface area contributed by atoms with Crippen LogP contribution in [0.4, 0.5) is 0 Å². The zero-order valence-electron chi connectivity index (χ0n) is 12.3. The molecule has 1 aromatic rings. The largest absolute Gasteiger partial charge is 0.313 e. The minimum atomic E-state index is -3.42. The van der Waals surface area contributed by atoms with Gasteiger partial charge in [-0.25, -0.2) is 8.42 Å². The average molecular weight is 296 g/mol. The quantitative estimate of drug-likeness (QED) is 0.712. The summed E-state index contributed by atoms with van der Waals surface area (Å²) in [6.45, 7) is 10.1. The summed E-state index contributed by atoms with van der Waals surface area (Å²) in [5, 5.41) is 3.21. The van der Waals surface area contributed by atoms with E-state index in [2.05, 4.69) is 11.9 Å². The van der Waals surface area contributed by atoms with Crippen LogP contribution in [-0.4, -0.2) is 32.4 Å². The first kappa shape index (κ1) is 16.9. The van der Waals surface area contributed by atoms with Crippen LogP contribution in [0.1, 0.15) is 25.8 Å². The van der Waals surface area contributed by atoms with Crippen LogP contribution in [0.15, 0.2) is 41.8 Å². The minimum Gasteiger partial charge on any atom is -0.313 e. The topological polar surface area (TPSA) is 49.4 Å². The number of rotatable bonds is 9. The van der Waals surface area contributed by atoms with E-state index in [1.165, 1.54) is 4.31 Å². The number of nitrogens with zero attached hydrogens (tertiary/aromatic N) is 1. The lowest BCUT2D eigenvalue weighted by atomic mass is 10.2. The normalized spacial score (nSPS) is 11.8. The molecule has 20 heavy (non-hydrogen) atoms. The molecule has 0 atom stereocenters. The summed E-state index contributed by atoms with van der Waals surface area (Å²) in [4.78, 5) is 0.341. The van der Waals surface area contributed by atoms with Crippen molar-refractivity contribution in [1.82, 2.24) is 9.62 Å². The lowest BCUT2D eigenvalue weighted by molar-refractivity contribution is 0.441. The van der Waals surface area contributed by atoms with E-state index in [-0.39, 0.29) is 0 Å². The van der Waals surface area contributed by atoms with Gasteiger partial charge in [-0.2, -0.15) is 4.31 Å². The first-order valence-electron chi connectivity index (χ1n) is 6.97. The van der Waals surface area contributed by atoms with Gasteiger partial charge in [-0.05, 0) is 30.7 Å². The molecule has 0 unspecified atom stereocenters. The van der Waals surface area contributed by atoms with Gasteiger partial charge in [0.2, 0.25) is 10.0 Å². The third-order valence-electron chi connectivity index (χ3n) is 2.95. The van der Waals surface area contributed by atoms with Crippen molar-refractivity contribution in [2.24, 2.45) is 0 Å². The summed E-state index contributed by atoms with van der Waals surface area (Å²) in [5.41, 5.74) is 1.08. The Labute approximate surface area is 122 Å². The zero-order valence-corrected chi connectivity index (χ0v) is 13.1. The summed E-state index contributed by atoms with van der Waals surface area (Å²) in [6.07, 6.45) is 2.40. The third kappa shape index (κ3) is 4.44. The van der Waals surface area contributed by atoms with E-state index in [0.29, 0.717) is 18.0 Å². The van der Waals surface area contributed by atoms with E-state index in [1.54, 1.807) is 18.2 Å². The van der Waals surface area contributed by atoms with Gasteiger partial charge in [0, 0.05) is 19.6 Å². The summed E-state index contributed by atoms with van der Waals surface area (Å²) >= 11 is 0. The van der Waals surface area contributed by atoms with E-state index in [0.717, 1.165) is 25.1 Å². The molecule has 0 bridgehead atoms. The van der Waals surface area contributed by atoms with Crippen LogP contribution < -0.4 is 5.32 Å². The van der Waals surface area contributed by atoms with Crippen molar-refractivity contribution in [3.63, 3.8) is 0 Å². The Morgan fingerprint density at radius 2 is 1.90 bits per heavy atom. The molecule has 1 aromatic carbocycles. The number of hydrogen-bond acceptors (Lipinski definition) is 3. The molecular weight excluding hydrogens is 272 g/mol. The molecule has 0 saturated heterocycles. The molecule has 0 aromatic heterocycles. The van der Waals surface area contributed by atoms with E-state index >= 15 is 0 Å². The van der Waals surface area contributed by atoms with Gasteiger partial charge in [0.15, 0.2) is 0 Å². The van der Waals surface area contributed by atoms with Crippen molar-refractivity contribution in [1.29, 1.82) is 0 Å². The van der Waals surface area contributed by atoms with Crippen LogP contribution >= 0.6 is 0 Å². The van der Waals surface area contributed by atoms with Crippen molar-refractivity contribution in [2.45, 2.75) is 31.7 Å². The molecule has 1 N–H and O–H groups in total. The van der Waals surface area contributed by atoms with Gasteiger partial charge < -0.3 is 5.32 Å². The summed E-state index contributed by atoms with van der Waals surface area (Å²) in [6, 6.07) is 7.06. The number of hydrogen-bond donors (Lipinski definition) is 1. The van der Waals surface area contributed by atoms with Crippen LogP contribution in [0.25, 0.3) is 0 Å². The molecule has 0 heterocycles. The molecule has 0 spiro atoms. The maximum atomic E-state index is 12.5. The van der Waals surface area contributed by atoms with Gasteiger partial charge in [-0.1, -0.05) is 32.1 Å². The second-order valence-corrected chi connectivity index (χ2v) is 6.51. The van der Waals surface area contributed by atoms with Gasteiger partial charge >= 0.3 is 0 Å². The Balaban J connectivity index is 2.93. The predicted octanol–water partition coefficient (Wildman–Crippen LogP) is 2.38. The molecule has 0 aliphatic carbocycles. The van der Waals surface area contributed by atoms with E-state index < -0.39 is 10.0 Å². The van der Waals surface area contributed by atoms with E-state index in [4.69, 9.17) is 0 Å². The lowest BCUT2D eigenvalue weighted by Crippen LogP contribution is -2.32. The zero-order chi connectivity index (χ0) is 15.0. The number of benzene rings is 1. The second kappa shape index (κ2) is 8.19. The molecule has 0 aliphatic heterocycles. The Kier molecular flexibility index (Phi) is 6.91. The van der Waals surface area contributed by atoms with Gasteiger partial charge in [0.05, 0.1) is 4.90 Å². The number of sulfonamides is 1. The molecule has 0 saturated carbocycles. The fraction of sp³-hybridized carbons (Fsp3) is 0.467. The predicted molar refractivity (Wildman–Crippen MR) is 83.1 cm³/mol. The summed E-state index contributed by atoms with van der Waals surface area (Å²) < 4.78 is 26.5. The molecule has 5 heteroatoms. The van der Waals surface area contributed by atoms with E-state index in [9.17, 15) is 8.42 Å². The van der Waals surface area contributed by atoms with Crippen molar-refractivity contribution < 1.29 is 8.42 Å². The molecule has 0 fully saturated rings. The average Bonchev–Trinajstić information content (AvgIpc) is 2.45. The highest BCUT2D eigenvalue weighted by molar-refractivity contribution is 7.89. The SMILES string of the molecule is C=CCN(CCC)S(=O)(=O)c1ccc(CNCC)cc1. The maximum Gasteiger partial charge on any atom is 0.243 e. The molecule has 1 rings (SSSR count). The standard InChI is InChI=1S/C15H24N2O2S/c1-4-11-17(12-5-2)20(18,19)15-9-7-14(8-10-15)13-16-6-3/h4,7-10,16H,1,5-6,11-13H2,2-3H3. The van der Waals surface area contributed by atoms with Crippen LogP contribution in [0.5, 0.6) is 0 Å². The molecule has 0 amide bonds. The highest BCUT2D eigenvalue weighted by atomic mass is 32.2. The fourth-order valence-electron chi connectivity index (χ4n) is 1.90. The molecule has 0 radical (unpaired) electrons. The molecular formula is C15H24N2O2S. The summed E-state index contributed by atoms with van der Waals surface area (Å²) in [7, 11) is -3.42. The first-order chi connectivity index (χ1) is 9.56. The van der Waals surface area contributed by atoms with Gasteiger partial charge in [-0.3, -0.25) is 0 Å². The van der Waals surface area contributed by atoms with E-state index in [1.807, 2.05) is 26.0 Å². The monoisotopic (exact) mass is 296 g/mol. The van der Waals surface area contributed by atoms with Crippen molar-refractivity contribution in [3.8, 4) is 0 Å². The highest BCUT2D eigenvalue weighted by Crippen LogP contribution is 2.17. The Hall–Kier alpha value is -1.17. The second-order valence-electron chi connectivity index (χ2n) is 4.58.